The van der Waals surface area contributed by atoms with Crippen molar-refractivity contribution >= 4 is 5.91 Å². The molecule has 1 unspecified atom stereocenters. The van der Waals surface area contributed by atoms with Gasteiger partial charge in [0.15, 0.2) is 0 Å². The van der Waals surface area contributed by atoms with E-state index in [9.17, 15) is 4.79 Å². The second kappa shape index (κ2) is 6.48. The zero-order valence-corrected chi connectivity index (χ0v) is 9.99. The van der Waals surface area contributed by atoms with Gasteiger partial charge in [0.1, 0.15) is 0 Å². The number of carbonyl (C=O) groups is 1. The summed E-state index contributed by atoms with van der Waals surface area (Å²) in [4.78, 5) is 13.8. The van der Waals surface area contributed by atoms with Crippen LogP contribution in [0.15, 0.2) is 0 Å². The van der Waals surface area contributed by atoms with E-state index in [-0.39, 0.29) is 18.5 Å². The predicted octanol–water partition coefficient (Wildman–Crippen LogP) is -1.12. The molecule has 5 nitrogen and oxygen atoms in total. The van der Waals surface area contributed by atoms with Gasteiger partial charge in [-0.3, -0.25) is 4.79 Å². The summed E-state index contributed by atoms with van der Waals surface area (Å²) >= 11 is 0. The summed E-state index contributed by atoms with van der Waals surface area (Å²) in [5.41, 5.74) is 3.17. The highest BCUT2D eigenvalue weighted by Crippen LogP contribution is 1.96. The van der Waals surface area contributed by atoms with Crippen molar-refractivity contribution in [2.24, 2.45) is 0 Å². The fourth-order valence-corrected chi connectivity index (χ4v) is 1.56. The van der Waals surface area contributed by atoms with Gasteiger partial charge >= 0.3 is 0 Å². The summed E-state index contributed by atoms with van der Waals surface area (Å²) in [7, 11) is 2.10. The number of likely N-dealkylation sites (N-methyl/N-ethyl adjacent to an activating group) is 1. The Morgan fingerprint density at radius 1 is 1.44 bits per heavy atom. The van der Waals surface area contributed by atoms with Gasteiger partial charge in [-0.1, -0.05) is 5.92 Å². The molecule has 1 amide bonds. The van der Waals surface area contributed by atoms with E-state index in [0.29, 0.717) is 0 Å². The Kier molecular flexibility index (Phi) is 5.26. The first-order valence-corrected chi connectivity index (χ1v) is 5.54. The molecule has 1 saturated heterocycles. The second-order valence-corrected chi connectivity index (χ2v) is 4.06. The Hall–Kier alpha value is -1.09. The molecule has 1 heterocycles. The van der Waals surface area contributed by atoms with Crippen LogP contribution in [0, 0.1) is 12.3 Å². The van der Waals surface area contributed by atoms with E-state index >= 15 is 0 Å². The fourth-order valence-electron chi connectivity index (χ4n) is 1.56. The van der Waals surface area contributed by atoms with Crippen molar-refractivity contribution < 1.29 is 4.79 Å². The Bertz CT molecular complexity index is 266. The number of hydrogen-bond donors (Lipinski definition) is 2. The minimum atomic E-state index is -0.239. The van der Waals surface area contributed by atoms with Gasteiger partial charge in [0.2, 0.25) is 5.91 Å². The number of rotatable bonds is 4. The number of hydrogen-bond acceptors (Lipinski definition) is 4. The van der Waals surface area contributed by atoms with Gasteiger partial charge in [-0.05, 0) is 14.0 Å². The van der Waals surface area contributed by atoms with Crippen LogP contribution in [0.1, 0.15) is 6.92 Å². The zero-order valence-electron chi connectivity index (χ0n) is 9.99. The maximum absolute atomic E-state index is 11.5. The van der Waals surface area contributed by atoms with Gasteiger partial charge in [0, 0.05) is 26.2 Å². The van der Waals surface area contributed by atoms with E-state index < -0.39 is 0 Å². The van der Waals surface area contributed by atoms with Crippen molar-refractivity contribution in [2.45, 2.75) is 13.0 Å². The van der Waals surface area contributed by atoms with E-state index in [1.165, 1.54) is 0 Å². The molecular formula is C11H20N4O. The third kappa shape index (κ3) is 4.19. The average molecular weight is 224 g/mol. The molecule has 0 aliphatic carbocycles. The molecule has 2 N–H and O–H groups in total. The monoisotopic (exact) mass is 224 g/mol. The molecule has 90 valence electrons. The summed E-state index contributed by atoms with van der Waals surface area (Å²) in [5.74, 6) is 2.32. The summed E-state index contributed by atoms with van der Waals surface area (Å²) in [6.07, 6.45) is 5.08. The van der Waals surface area contributed by atoms with E-state index in [4.69, 9.17) is 6.42 Å². The highest BCUT2D eigenvalue weighted by Gasteiger charge is 2.18. The largest absolute Gasteiger partial charge is 0.344 e. The Morgan fingerprint density at radius 2 is 2.06 bits per heavy atom. The topological polar surface area (TPSA) is 47.6 Å². The maximum atomic E-state index is 11.5. The normalized spacial score (nSPS) is 20.1. The van der Waals surface area contributed by atoms with Crippen LogP contribution in [0.3, 0.4) is 0 Å². The summed E-state index contributed by atoms with van der Waals surface area (Å²) in [6, 6.07) is -0.239. The molecule has 1 atom stereocenters. The minimum absolute atomic E-state index is 0.0584. The van der Waals surface area contributed by atoms with Crippen LogP contribution in [0.5, 0.6) is 0 Å². The summed E-state index contributed by atoms with van der Waals surface area (Å²) in [6.45, 7) is 6.03. The van der Waals surface area contributed by atoms with Crippen LogP contribution in [0.25, 0.3) is 0 Å². The molecule has 1 aliphatic rings. The van der Waals surface area contributed by atoms with Crippen molar-refractivity contribution in [3.05, 3.63) is 0 Å². The van der Waals surface area contributed by atoms with E-state index in [0.717, 1.165) is 26.2 Å². The predicted molar refractivity (Wildman–Crippen MR) is 63.5 cm³/mol. The zero-order chi connectivity index (χ0) is 12.0. The van der Waals surface area contributed by atoms with Crippen LogP contribution >= 0.6 is 0 Å². The molecule has 0 bridgehead atoms. The number of carbonyl (C=O) groups excluding carboxylic acids is 1. The standard InChI is InChI=1S/C11H20N4O/c1-4-5-12-11(16)10(2)13-15-8-6-14(3)7-9-15/h1,10,13H,5-9H2,2-3H3,(H,12,16). The third-order valence-corrected chi connectivity index (χ3v) is 2.64. The maximum Gasteiger partial charge on any atom is 0.238 e. The first-order valence-electron chi connectivity index (χ1n) is 5.54. The number of terminal acetylenes is 1. The lowest BCUT2D eigenvalue weighted by Gasteiger charge is -2.34. The molecule has 0 aromatic carbocycles. The molecule has 1 fully saturated rings. The molecule has 1 rings (SSSR count). The van der Waals surface area contributed by atoms with E-state index in [2.05, 4.69) is 33.6 Å². The molecule has 0 aromatic rings. The molecular weight excluding hydrogens is 204 g/mol. The minimum Gasteiger partial charge on any atom is -0.344 e. The number of nitrogens with one attached hydrogen (secondary N) is 2. The van der Waals surface area contributed by atoms with Crippen LogP contribution in [-0.4, -0.2) is 61.6 Å². The fraction of sp³-hybridized carbons (Fsp3) is 0.727. The lowest BCUT2D eigenvalue weighted by atomic mass is 10.3. The van der Waals surface area contributed by atoms with Crippen molar-refractivity contribution in [1.29, 1.82) is 0 Å². The van der Waals surface area contributed by atoms with Crippen LogP contribution < -0.4 is 10.7 Å². The SMILES string of the molecule is C#CCNC(=O)C(C)NN1CCN(C)CC1. The second-order valence-electron chi connectivity index (χ2n) is 4.06. The highest BCUT2D eigenvalue weighted by molar-refractivity contribution is 5.81. The van der Waals surface area contributed by atoms with Crippen molar-refractivity contribution in [2.75, 3.05) is 39.8 Å². The summed E-state index contributed by atoms with van der Waals surface area (Å²) < 4.78 is 0. The van der Waals surface area contributed by atoms with Crippen molar-refractivity contribution in [3.63, 3.8) is 0 Å². The molecule has 0 spiro atoms. The molecule has 1 aliphatic heterocycles. The van der Waals surface area contributed by atoms with Gasteiger partial charge in [-0.25, -0.2) is 10.4 Å². The molecule has 16 heavy (non-hydrogen) atoms. The molecule has 0 radical (unpaired) electrons. The van der Waals surface area contributed by atoms with Gasteiger partial charge < -0.3 is 10.2 Å². The molecule has 0 saturated carbocycles. The number of amides is 1. The van der Waals surface area contributed by atoms with Gasteiger partial charge in [0.25, 0.3) is 0 Å². The Labute approximate surface area is 97.1 Å². The average Bonchev–Trinajstić information content (AvgIpc) is 2.29. The number of piperazine rings is 1. The van der Waals surface area contributed by atoms with Gasteiger partial charge in [0.05, 0.1) is 12.6 Å². The molecule has 5 heteroatoms. The quantitative estimate of drug-likeness (QED) is 0.594. The first kappa shape index (κ1) is 13.0. The third-order valence-electron chi connectivity index (χ3n) is 2.64. The van der Waals surface area contributed by atoms with Crippen LogP contribution in [0.2, 0.25) is 0 Å². The van der Waals surface area contributed by atoms with E-state index in [1.54, 1.807) is 0 Å². The van der Waals surface area contributed by atoms with Gasteiger partial charge in [-0.15, -0.1) is 6.42 Å². The Morgan fingerprint density at radius 3 is 2.62 bits per heavy atom. The van der Waals surface area contributed by atoms with Crippen molar-refractivity contribution in [1.82, 2.24) is 20.7 Å². The highest BCUT2D eigenvalue weighted by atomic mass is 16.2. The molecule has 0 aromatic heterocycles. The number of nitrogens with zero attached hydrogens (tertiary/aromatic N) is 2. The van der Waals surface area contributed by atoms with E-state index in [1.807, 2.05) is 6.92 Å². The van der Waals surface area contributed by atoms with Gasteiger partial charge in [-0.2, -0.15) is 0 Å². The van der Waals surface area contributed by atoms with Crippen molar-refractivity contribution in [3.8, 4) is 12.3 Å². The lowest BCUT2D eigenvalue weighted by molar-refractivity contribution is -0.124. The lowest BCUT2D eigenvalue weighted by Crippen LogP contribution is -2.56. The number of hydrazine groups is 1. The smallest absolute Gasteiger partial charge is 0.238 e. The van der Waals surface area contributed by atoms with Crippen LogP contribution in [-0.2, 0) is 4.79 Å². The Balaban J connectivity index is 2.25. The summed E-state index contributed by atoms with van der Waals surface area (Å²) in [5, 5.41) is 4.74. The first-order chi connectivity index (χ1) is 7.63. The van der Waals surface area contributed by atoms with Crippen LogP contribution in [0.4, 0.5) is 0 Å².